The first-order valence-electron chi connectivity index (χ1n) is 12.2. The van der Waals surface area contributed by atoms with Crippen molar-refractivity contribution in [2.45, 2.75) is 58.6 Å². The van der Waals surface area contributed by atoms with Crippen LogP contribution in [0.4, 0.5) is 0 Å². The summed E-state index contributed by atoms with van der Waals surface area (Å²) in [5, 5.41) is 0. The molecule has 1 aromatic carbocycles. The molecule has 1 aliphatic heterocycles. The molecule has 1 saturated heterocycles. The average Bonchev–Trinajstić information content (AvgIpc) is 3.59. The summed E-state index contributed by atoms with van der Waals surface area (Å²) in [5.41, 5.74) is 1.50. The Labute approximate surface area is 194 Å². The van der Waals surface area contributed by atoms with Crippen molar-refractivity contribution in [3.05, 3.63) is 47.5 Å². The van der Waals surface area contributed by atoms with Crippen molar-refractivity contribution in [3.63, 3.8) is 0 Å². The van der Waals surface area contributed by atoms with E-state index in [9.17, 15) is 19.2 Å². The molecule has 2 bridgehead atoms. The molecule has 0 aromatic heterocycles. The summed E-state index contributed by atoms with van der Waals surface area (Å²) in [5.74, 6) is -0.894. The second-order valence-corrected chi connectivity index (χ2v) is 10.2. The van der Waals surface area contributed by atoms with Gasteiger partial charge in [-0.2, -0.15) is 0 Å². The molecule has 0 spiro atoms. The number of hydrogen-bond acceptors (Lipinski definition) is 5. The molecule has 4 aliphatic carbocycles. The predicted molar refractivity (Wildman–Crippen MR) is 121 cm³/mol. The predicted octanol–water partition coefficient (Wildman–Crippen LogP) is 3.72. The van der Waals surface area contributed by atoms with Crippen LogP contribution in [0.15, 0.2) is 36.4 Å². The lowest BCUT2D eigenvalue weighted by molar-refractivity contribution is -0.161. The molecule has 0 radical (unpaired) electrons. The highest BCUT2D eigenvalue weighted by Crippen LogP contribution is 2.65. The lowest BCUT2D eigenvalue weighted by Gasteiger charge is -2.37. The number of allylic oxidation sites excluding steroid dienone is 2. The minimum absolute atomic E-state index is 0.108. The topological polar surface area (TPSA) is 80.8 Å². The smallest absolute Gasteiger partial charge is 0.330 e. The Balaban J connectivity index is 1.35. The second kappa shape index (κ2) is 8.23. The summed E-state index contributed by atoms with van der Waals surface area (Å²) in [6, 6.07) is 6.12. The zero-order valence-corrected chi connectivity index (χ0v) is 19.4. The van der Waals surface area contributed by atoms with Crippen LogP contribution in [0.2, 0.25) is 0 Å². The fraction of sp³-hybridized carbons (Fsp3) is 0.556. The van der Waals surface area contributed by atoms with E-state index in [2.05, 4.69) is 12.2 Å². The minimum Gasteiger partial charge on any atom is -0.453 e. The van der Waals surface area contributed by atoms with Gasteiger partial charge in [-0.3, -0.25) is 19.3 Å². The number of unbranched alkanes of at least 4 members (excludes halogenated alkanes) is 1. The number of aryl methyl sites for hydroxylation is 1. The van der Waals surface area contributed by atoms with Gasteiger partial charge in [0.25, 0.3) is 0 Å². The number of carbonyl (C=O) groups is 4. The summed E-state index contributed by atoms with van der Waals surface area (Å²) >= 11 is 0. The van der Waals surface area contributed by atoms with Crippen LogP contribution in [0.3, 0.4) is 0 Å². The lowest BCUT2D eigenvalue weighted by atomic mass is 9.63. The van der Waals surface area contributed by atoms with E-state index in [0.717, 1.165) is 18.4 Å². The molecule has 1 aromatic rings. The molecule has 6 rings (SSSR count). The van der Waals surface area contributed by atoms with Gasteiger partial charge in [0.15, 0.2) is 6.10 Å². The molecule has 3 fully saturated rings. The number of ether oxygens (including phenoxy) is 1. The van der Waals surface area contributed by atoms with E-state index in [-0.39, 0.29) is 41.3 Å². The Hall–Kier alpha value is -2.76. The zero-order chi connectivity index (χ0) is 23.4. The molecule has 5 aliphatic rings. The molecule has 33 heavy (non-hydrogen) atoms. The summed E-state index contributed by atoms with van der Waals surface area (Å²) < 4.78 is 5.57. The van der Waals surface area contributed by atoms with Gasteiger partial charge in [0.05, 0.1) is 11.8 Å². The van der Waals surface area contributed by atoms with Crippen LogP contribution in [-0.4, -0.2) is 40.6 Å². The van der Waals surface area contributed by atoms with Gasteiger partial charge in [0.2, 0.25) is 17.6 Å². The molecular formula is C27H31NO5. The summed E-state index contributed by atoms with van der Waals surface area (Å²) in [4.78, 5) is 54.2. The number of esters is 1. The number of imide groups is 1. The van der Waals surface area contributed by atoms with Gasteiger partial charge in [0, 0.05) is 5.56 Å². The minimum atomic E-state index is -0.995. The van der Waals surface area contributed by atoms with Gasteiger partial charge < -0.3 is 4.74 Å². The first-order chi connectivity index (χ1) is 15.8. The number of benzene rings is 1. The Morgan fingerprint density at radius 2 is 1.61 bits per heavy atom. The summed E-state index contributed by atoms with van der Waals surface area (Å²) in [6.45, 7) is 5.47. The third-order valence-corrected chi connectivity index (χ3v) is 8.11. The standard InChI is InChI=1S/C27H31NO5/c1-4-5-6-21(27(32)33-15(3)24(29)16-9-7-14(2)8-10-16)28-25(30)22-17-11-12-18(20-13-19(17)20)23(22)26(28)31/h7-12,15,17-23H,4-6,13H2,1-3H3/t15-,17+,18+,19-,20+,21-,22-,23+/m1/s1. The molecule has 2 saturated carbocycles. The Morgan fingerprint density at radius 1 is 1.03 bits per heavy atom. The number of Topliss-reactive ketones (excluding diaryl/α,β-unsaturated/α-hetero) is 1. The van der Waals surface area contributed by atoms with Gasteiger partial charge in [-0.15, -0.1) is 0 Å². The van der Waals surface area contributed by atoms with Crippen LogP contribution in [0.1, 0.15) is 55.5 Å². The Morgan fingerprint density at radius 3 is 2.15 bits per heavy atom. The van der Waals surface area contributed by atoms with Crippen molar-refractivity contribution in [2.75, 3.05) is 0 Å². The third kappa shape index (κ3) is 3.54. The monoisotopic (exact) mass is 449 g/mol. The van der Waals surface area contributed by atoms with Crippen LogP contribution in [0.5, 0.6) is 0 Å². The van der Waals surface area contributed by atoms with Gasteiger partial charge in [0.1, 0.15) is 6.04 Å². The number of nitrogens with zero attached hydrogens (tertiary/aromatic N) is 1. The maximum Gasteiger partial charge on any atom is 0.330 e. The number of likely N-dealkylation sites (tertiary alicyclic amines) is 1. The number of amides is 2. The van der Waals surface area contributed by atoms with E-state index in [1.807, 2.05) is 26.0 Å². The number of ketones is 1. The fourth-order valence-electron chi connectivity index (χ4n) is 6.30. The average molecular weight is 450 g/mol. The van der Waals surface area contributed by atoms with Gasteiger partial charge in [-0.05, 0) is 50.4 Å². The molecule has 0 N–H and O–H groups in total. The van der Waals surface area contributed by atoms with E-state index in [1.165, 1.54) is 4.90 Å². The SMILES string of the molecule is CCCC[C@H](C(=O)O[C@H](C)C(=O)c1ccc(C)cc1)N1C(=O)[C@@H]2[C@H]3C=C[C@@H]([C@@H]4C[C@H]34)[C@@H]2C1=O. The Kier molecular flexibility index (Phi) is 5.50. The highest BCUT2D eigenvalue weighted by Gasteiger charge is 2.68. The van der Waals surface area contributed by atoms with Crippen LogP contribution in [-0.2, 0) is 19.1 Å². The Bertz CT molecular complexity index is 991. The molecule has 6 nitrogen and oxygen atoms in total. The van der Waals surface area contributed by atoms with Crippen LogP contribution in [0, 0.1) is 42.4 Å². The number of rotatable bonds is 8. The van der Waals surface area contributed by atoms with Gasteiger partial charge in [-0.1, -0.05) is 61.7 Å². The molecule has 174 valence electrons. The quantitative estimate of drug-likeness (QED) is 0.262. The van der Waals surface area contributed by atoms with Crippen LogP contribution >= 0.6 is 0 Å². The molecule has 6 heteroatoms. The van der Waals surface area contributed by atoms with E-state index in [4.69, 9.17) is 4.74 Å². The highest BCUT2D eigenvalue weighted by atomic mass is 16.5. The van der Waals surface area contributed by atoms with Crippen molar-refractivity contribution >= 4 is 23.6 Å². The van der Waals surface area contributed by atoms with E-state index >= 15 is 0 Å². The van der Waals surface area contributed by atoms with Crippen LogP contribution < -0.4 is 0 Å². The van der Waals surface area contributed by atoms with Crippen molar-refractivity contribution in [1.29, 1.82) is 0 Å². The fourth-order valence-corrected chi connectivity index (χ4v) is 6.30. The molecule has 8 atom stereocenters. The number of hydrogen-bond donors (Lipinski definition) is 0. The lowest BCUT2D eigenvalue weighted by Crippen LogP contribution is -2.47. The number of carbonyl (C=O) groups excluding carboxylic acids is 4. The summed E-state index contributed by atoms with van der Waals surface area (Å²) in [6.07, 6.45) is 6.20. The zero-order valence-electron chi connectivity index (χ0n) is 19.4. The second-order valence-electron chi connectivity index (χ2n) is 10.2. The maximum atomic E-state index is 13.5. The molecule has 0 unspecified atom stereocenters. The van der Waals surface area contributed by atoms with Crippen molar-refractivity contribution in [2.24, 2.45) is 35.5 Å². The van der Waals surface area contributed by atoms with Crippen LogP contribution in [0.25, 0.3) is 0 Å². The van der Waals surface area contributed by atoms with Gasteiger partial charge >= 0.3 is 5.97 Å². The maximum absolute atomic E-state index is 13.5. The normalized spacial score (nSPS) is 32.9. The largest absolute Gasteiger partial charge is 0.453 e. The van der Waals surface area contributed by atoms with E-state index in [1.54, 1.807) is 19.1 Å². The molecular weight excluding hydrogens is 418 g/mol. The van der Waals surface area contributed by atoms with Gasteiger partial charge in [-0.25, -0.2) is 4.79 Å². The van der Waals surface area contributed by atoms with E-state index < -0.39 is 18.1 Å². The summed E-state index contributed by atoms with van der Waals surface area (Å²) in [7, 11) is 0. The van der Waals surface area contributed by atoms with E-state index in [0.29, 0.717) is 30.2 Å². The molecule has 1 heterocycles. The highest BCUT2D eigenvalue weighted by molar-refractivity contribution is 6.09. The van der Waals surface area contributed by atoms with Crippen molar-refractivity contribution < 1.29 is 23.9 Å². The van der Waals surface area contributed by atoms with Crippen molar-refractivity contribution in [1.82, 2.24) is 4.90 Å². The first kappa shape index (κ1) is 22.1. The third-order valence-electron chi connectivity index (χ3n) is 8.11. The van der Waals surface area contributed by atoms with Crippen molar-refractivity contribution in [3.8, 4) is 0 Å². The first-order valence-corrected chi connectivity index (χ1v) is 12.2. The molecule has 2 amide bonds.